The zero-order valence-corrected chi connectivity index (χ0v) is 15.4. The average molecular weight is 369 g/mol. The number of rotatable bonds is 7. The Morgan fingerprint density at radius 2 is 1.83 bits per heavy atom. The van der Waals surface area contributed by atoms with Crippen LogP contribution in [0.1, 0.15) is 18.4 Å². The molecule has 0 radical (unpaired) electrons. The lowest BCUT2D eigenvalue weighted by Gasteiger charge is -2.25. The van der Waals surface area contributed by atoms with Gasteiger partial charge in [0.05, 0.1) is 11.2 Å². The molecular weight excluding hydrogens is 344 g/mol. The van der Waals surface area contributed by atoms with E-state index in [1.54, 1.807) is 16.1 Å². The highest BCUT2D eigenvalue weighted by molar-refractivity contribution is 7.99. The van der Waals surface area contributed by atoms with E-state index in [-0.39, 0.29) is 23.6 Å². The van der Waals surface area contributed by atoms with Crippen LogP contribution in [0.2, 0.25) is 0 Å². The van der Waals surface area contributed by atoms with E-state index in [1.165, 1.54) is 0 Å². The number of benzene rings is 1. The van der Waals surface area contributed by atoms with E-state index >= 15 is 0 Å². The van der Waals surface area contributed by atoms with Crippen LogP contribution in [0, 0.1) is 5.41 Å². The fourth-order valence-electron chi connectivity index (χ4n) is 3.06. The van der Waals surface area contributed by atoms with Crippen LogP contribution in [0.4, 0.5) is 0 Å². The molecule has 24 heavy (non-hydrogen) atoms. The molecule has 1 amide bonds. The molecule has 0 atom stereocenters. The summed E-state index contributed by atoms with van der Waals surface area (Å²) in [4.78, 5) is 12.5. The molecule has 1 N–H and O–H groups in total. The van der Waals surface area contributed by atoms with Crippen molar-refractivity contribution >= 4 is 27.7 Å². The van der Waals surface area contributed by atoms with E-state index in [0.29, 0.717) is 13.1 Å². The van der Waals surface area contributed by atoms with Gasteiger partial charge in [-0.1, -0.05) is 30.3 Å². The lowest BCUT2D eigenvalue weighted by Crippen LogP contribution is -2.43. The Balaban J connectivity index is 1.49. The van der Waals surface area contributed by atoms with Crippen LogP contribution in [0.25, 0.3) is 0 Å². The maximum atomic E-state index is 12.5. The predicted molar refractivity (Wildman–Crippen MR) is 97.5 cm³/mol. The van der Waals surface area contributed by atoms with Gasteiger partial charge in [-0.25, -0.2) is 12.7 Å². The van der Waals surface area contributed by atoms with Gasteiger partial charge in [-0.15, -0.1) is 0 Å². The minimum Gasteiger partial charge on any atom is -0.355 e. The highest BCUT2D eigenvalue weighted by atomic mass is 32.2. The van der Waals surface area contributed by atoms with E-state index in [1.807, 2.05) is 30.3 Å². The van der Waals surface area contributed by atoms with E-state index < -0.39 is 10.0 Å². The molecule has 0 bridgehead atoms. The SMILES string of the molecule is O=C(NCCS(=O)(=O)N1CCSCC1)C1(Cc2ccccc2)CC1. The molecule has 1 aromatic carbocycles. The Bertz CT molecular complexity index is 666. The molecule has 2 fully saturated rings. The first-order valence-corrected chi connectivity index (χ1v) is 11.2. The maximum absolute atomic E-state index is 12.5. The van der Waals surface area contributed by atoms with Gasteiger partial charge in [-0.3, -0.25) is 4.79 Å². The minimum atomic E-state index is -3.26. The number of nitrogens with zero attached hydrogens (tertiary/aromatic N) is 1. The van der Waals surface area contributed by atoms with Crippen LogP contribution in [-0.4, -0.2) is 55.5 Å². The third kappa shape index (κ3) is 4.32. The summed E-state index contributed by atoms with van der Waals surface area (Å²) in [5.41, 5.74) is 0.830. The number of nitrogens with one attached hydrogen (secondary N) is 1. The van der Waals surface area contributed by atoms with Crippen molar-refractivity contribution in [2.24, 2.45) is 5.41 Å². The van der Waals surface area contributed by atoms with Crippen molar-refractivity contribution in [1.29, 1.82) is 0 Å². The van der Waals surface area contributed by atoms with Gasteiger partial charge >= 0.3 is 0 Å². The van der Waals surface area contributed by atoms with Crippen LogP contribution in [0.5, 0.6) is 0 Å². The molecular formula is C17H24N2O3S2. The first-order chi connectivity index (χ1) is 11.5. The highest BCUT2D eigenvalue weighted by Crippen LogP contribution is 2.48. The van der Waals surface area contributed by atoms with Crippen molar-refractivity contribution in [3.63, 3.8) is 0 Å². The summed E-state index contributed by atoms with van der Waals surface area (Å²) in [5.74, 6) is 1.69. The Labute approximate surface area is 148 Å². The zero-order valence-electron chi connectivity index (χ0n) is 13.7. The number of amides is 1. The van der Waals surface area contributed by atoms with Crippen LogP contribution >= 0.6 is 11.8 Å². The van der Waals surface area contributed by atoms with Crippen molar-refractivity contribution < 1.29 is 13.2 Å². The number of sulfonamides is 1. The second-order valence-corrected chi connectivity index (χ2v) is 9.84. The predicted octanol–water partition coefficient (Wildman–Crippen LogP) is 1.50. The Morgan fingerprint density at radius 1 is 1.17 bits per heavy atom. The molecule has 1 aliphatic heterocycles. The quantitative estimate of drug-likeness (QED) is 0.792. The van der Waals surface area contributed by atoms with Gasteiger partial charge in [0.2, 0.25) is 15.9 Å². The van der Waals surface area contributed by atoms with E-state index in [9.17, 15) is 13.2 Å². The molecule has 5 nitrogen and oxygen atoms in total. The van der Waals surface area contributed by atoms with Crippen molar-refractivity contribution in [1.82, 2.24) is 9.62 Å². The summed E-state index contributed by atoms with van der Waals surface area (Å²) in [6.07, 6.45) is 2.49. The molecule has 0 spiro atoms. The van der Waals surface area contributed by atoms with Crippen LogP contribution in [0.3, 0.4) is 0 Å². The molecule has 2 aliphatic rings. The number of thioether (sulfide) groups is 1. The fraction of sp³-hybridized carbons (Fsp3) is 0.588. The van der Waals surface area contributed by atoms with E-state index in [4.69, 9.17) is 0 Å². The summed E-state index contributed by atoms with van der Waals surface area (Å²) >= 11 is 1.78. The van der Waals surface area contributed by atoms with Gasteiger partial charge in [0.15, 0.2) is 0 Å². The van der Waals surface area contributed by atoms with Gasteiger partial charge < -0.3 is 5.32 Å². The molecule has 0 aromatic heterocycles. The first kappa shape index (κ1) is 17.8. The third-order valence-corrected chi connectivity index (χ3v) is 7.54. The lowest BCUT2D eigenvalue weighted by atomic mass is 9.95. The smallest absolute Gasteiger partial charge is 0.226 e. The highest BCUT2D eigenvalue weighted by Gasteiger charge is 2.49. The second kappa shape index (κ2) is 7.45. The molecule has 7 heteroatoms. The second-order valence-electron chi connectivity index (χ2n) is 6.53. The molecule has 1 aliphatic carbocycles. The summed E-state index contributed by atoms with van der Waals surface area (Å²) in [7, 11) is -3.26. The number of carbonyl (C=O) groups excluding carboxylic acids is 1. The van der Waals surface area contributed by atoms with E-state index in [2.05, 4.69) is 5.32 Å². The zero-order chi connectivity index (χ0) is 17.0. The first-order valence-electron chi connectivity index (χ1n) is 8.40. The number of carbonyl (C=O) groups is 1. The topological polar surface area (TPSA) is 66.5 Å². The summed E-state index contributed by atoms with van der Waals surface area (Å²) in [5, 5.41) is 2.85. The summed E-state index contributed by atoms with van der Waals surface area (Å²) in [6, 6.07) is 9.99. The maximum Gasteiger partial charge on any atom is 0.226 e. The third-order valence-electron chi connectivity index (χ3n) is 4.73. The molecule has 1 saturated heterocycles. The van der Waals surface area contributed by atoms with Crippen LogP contribution < -0.4 is 5.32 Å². The minimum absolute atomic E-state index is 0.00393. The molecule has 1 heterocycles. The van der Waals surface area contributed by atoms with Gasteiger partial charge in [0.25, 0.3) is 0 Å². The normalized spacial score (nSPS) is 20.5. The van der Waals surface area contributed by atoms with Gasteiger partial charge in [0, 0.05) is 31.1 Å². The monoisotopic (exact) mass is 368 g/mol. The van der Waals surface area contributed by atoms with Crippen LogP contribution in [-0.2, 0) is 21.2 Å². The van der Waals surface area contributed by atoms with Crippen molar-refractivity contribution in [3.8, 4) is 0 Å². The Kier molecular flexibility index (Phi) is 5.52. The van der Waals surface area contributed by atoms with Crippen LogP contribution in [0.15, 0.2) is 30.3 Å². The largest absolute Gasteiger partial charge is 0.355 e. The van der Waals surface area contributed by atoms with Crippen molar-refractivity contribution in [2.45, 2.75) is 19.3 Å². The lowest BCUT2D eigenvalue weighted by molar-refractivity contribution is -0.126. The fourth-order valence-corrected chi connectivity index (χ4v) is 5.55. The molecule has 1 saturated carbocycles. The Hall–Kier alpha value is -1.05. The van der Waals surface area contributed by atoms with Gasteiger partial charge in [0.1, 0.15) is 0 Å². The Morgan fingerprint density at radius 3 is 2.46 bits per heavy atom. The molecule has 3 rings (SSSR count). The standard InChI is InChI=1S/C17H24N2O3S2/c20-16(17(6-7-17)14-15-4-2-1-3-5-15)18-8-13-24(21,22)19-9-11-23-12-10-19/h1-5H,6-14H2,(H,18,20). The molecule has 1 aromatic rings. The van der Waals surface area contributed by atoms with Crippen molar-refractivity contribution in [3.05, 3.63) is 35.9 Å². The van der Waals surface area contributed by atoms with Crippen molar-refractivity contribution in [2.75, 3.05) is 36.9 Å². The number of hydrogen-bond donors (Lipinski definition) is 1. The van der Waals surface area contributed by atoms with Gasteiger partial charge in [-0.05, 0) is 24.8 Å². The summed E-state index contributed by atoms with van der Waals surface area (Å²) < 4.78 is 26.1. The molecule has 132 valence electrons. The van der Waals surface area contributed by atoms with Gasteiger partial charge in [-0.2, -0.15) is 11.8 Å². The average Bonchev–Trinajstić information content (AvgIpc) is 3.37. The van der Waals surface area contributed by atoms with E-state index in [0.717, 1.165) is 36.3 Å². The molecule has 0 unspecified atom stereocenters. The number of hydrogen-bond acceptors (Lipinski definition) is 4. The summed E-state index contributed by atoms with van der Waals surface area (Å²) in [6.45, 7) is 1.36.